The molecule has 4 aliphatic rings. The Morgan fingerprint density at radius 2 is 2.09 bits per heavy atom. The largest absolute Gasteiger partial charge is 0.389 e. The van der Waals surface area contributed by atoms with Crippen molar-refractivity contribution in [1.82, 2.24) is 10.2 Å². The molecule has 4 rings (SSSR count). The van der Waals surface area contributed by atoms with E-state index in [-0.39, 0.29) is 36.3 Å². The maximum absolute atomic E-state index is 12.4. The van der Waals surface area contributed by atoms with Gasteiger partial charge in [0, 0.05) is 12.6 Å². The van der Waals surface area contributed by atoms with E-state index in [1.54, 1.807) is 4.90 Å². The van der Waals surface area contributed by atoms with E-state index in [2.05, 4.69) is 10.5 Å². The van der Waals surface area contributed by atoms with E-state index in [1.165, 1.54) is 0 Å². The predicted molar refractivity (Wildman–Crippen MR) is 81.6 cm³/mol. The summed E-state index contributed by atoms with van der Waals surface area (Å²) in [6.45, 7) is 0.903. The van der Waals surface area contributed by atoms with Gasteiger partial charge in [-0.15, -0.1) is 0 Å². The minimum atomic E-state index is -0.811. The summed E-state index contributed by atoms with van der Waals surface area (Å²) >= 11 is 0. The number of fused-ring (bicyclic) bond motifs is 1. The van der Waals surface area contributed by atoms with Gasteiger partial charge in [0.1, 0.15) is 0 Å². The van der Waals surface area contributed by atoms with E-state index in [9.17, 15) is 14.7 Å². The van der Waals surface area contributed by atoms with Crippen molar-refractivity contribution in [2.75, 3.05) is 13.1 Å². The molecule has 2 N–H and O–H groups in total. The first-order chi connectivity index (χ1) is 11.0. The second-order valence-electron chi connectivity index (χ2n) is 7.38. The van der Waals surface area contributed by atoms with Crippen LogP contribution in [0.3, 0.4) is 0 Å². The van der Waals surface area contributed by atoms with Crippen LogP contribution in [0.4, 0.5) is 0 Å². The van der Waals surface area contributed by atoms with Gasteiger partial charge in [-0.25, -0.2) is 0 Å². The quantitative estimate of drug-likeness (QED) is 0.772. The Morgan fingerprint density at radius 3 is 2.70 bits per heavy atom. The Labute approximate surface area is 135 Å². The topological polar surface area (TPSA) is 91.2 Å². The lowest BCUT2D eigenvalue weighted by atomic mass is 9.77. The fraction of sp³-hybridized carbons (Fsp3) is 0.812. The minimum absolute atomic E-state index is 0.0519. The van der Waals surface area contributed by atoms with Gasteiger partial charge in [-0.05, 0) is 38.5 Å². The fourth-order valence-electron chi connectivity index (χ4n) is 3.72. The number of nitrogens with zero attached hydrogens (tertiary/aromatic N) is 2. The Balaban J connectivity index is 1.34. The zero-order chi connectivity index (χ0) is 16.0. The van der Waals surface area contributed by atoms with Crippen LogP contribution in [0.1, 0.15) is 44.9 Å². The fourth-order valence-corrected chi connectivity index (χ4v) is 3.72. The van der Waals surface area contributed by atoms with Gasteiger partial charge in [0.05, 0.1) is 24.5 Å². The van der Waals surface area contributed by atoms with Crippen LogP contribution in [0, 0.1) is 5.92 Å². The highest BCUT2D eigenvalue weighted by atomic mass is 16.6. The molecule has 0 aromatic rings. The number of hydrogen-bond acceptors (Lipinski definition) is 5. The van der Waals surface area contributed by atoms with E-state index in [0.29, 0.717) is 31.6 Å². The van der Waals surface area contributed by atoms with E-state index in [1.807, 2.05) is 0 Å². The Morgan fingerprint density at radius 1 is 1.30 bits per heavy atom. The lowest BCUT2D eigenvalue weighted by molar-refractivity contribution is -0.140. The summed E-state index contributed by atoms with van der Waals surface area (Å²) in [7, 11) is 0. The van der Waals surface area contributed by atoms with Crippen molar-refractivity contribution in [3.05, 3.63) is 0 Å². The molecule has 126 valence electrons. The number of rotatable bonds is 4. The normalized spacial score (nSPS) is 31.5. The average Bonchev–Trinajstić information content (AvgIpc) is 3.00. The third kappa shape index (κ3) is 2.71. The van der Waals surface area contributed by atoms with Crippen LogP contribution in [0.5, 0.6) is 0 Å². The first kappa shape index (κ1) is 14.9. The van der Waals surface area contributed by atoms with Crippen molar-refractivity contribution in [3.8, 4) is 0 Å². The van der Waals surface area contributed by atoms with Gasteiger partial charge in [0.25, 0.3) is 5.91 Å². The summed E-state index contributed by atoms with van der Waals surface area (Å²) in [6.07, 6.45) is 5.54. The molecule has 3 fully saturated rings. The lowest BCUT2D eigenvalue weighted by Crippen LogP contribution is -2.45. The average molecular weight is 321 g/mol. The van der Waals surface area contributed by atoms with Crippen molar-refractivity contribution < 1.29 is 19.5 Å². The summed E-state index contributed by atoms with van der Waals surface area (Å²) in [5.74, 6) is -0.354. The highest BCUT2D eigenvalue weighted by molar-refractivity contribution is 6.40. The highest BCUT2D eigenvalue weighted by Crippen LogP contribution is 2.36. The molecular formula is C16H23N3O4. The monoisotopic (exact) mass is 321 g/mol. The molecular weight excluding hydrogens is 298 g/mol. The van der Waals surface area contributed by atoms with Crippen molar-refractivity contribution >= 4 is 17.5 Å². The lowest BCUT2D eigenvalue weighted by Gasteiger charge is -2.37. The molecule has 0 aromatic carbocycles. The number of likely N-dealkylation sites (tertiary alicyclic amines) is 1. The van der Waals surface area contributed by atoms with Crippen LogP contribution in [0.15, 0.2) is 5.16 Å². The second-order valence-corrected chi connectivity index (χ2v) is 7.38. The third-order valence-corrected chi connectivity index (χ3v) is 5.69. The van der Waals surface area contributed by atoms with Crippen LogP contribution >= 0.6 is 0 Å². The smallest absolute Gasteiger partial charge is 0.269 e. The summed E-state index contributed by atoms with van der Waals surface area (Å²) in [5, 5.41) is 17.1. The number of hydrogen-bond donors (Lipinski definition) is 2. The second kappa shape index (κ2) is 5.47. The van der Waals surface area contributed by atoms with Crippen molar-refractivity contribution in [1.29, 1.82) is 0 Å². The number of aliphatic hydroxyl groups is 1. The Kier molecular flexibility index (Phi) is 3.55. The van der Waals surface area contributed by atoms with Gasteiger partial charge in [0.2, 0.25) is 5.91 Å². The first-order valence-electron chi connectivity index (χ1n) is 8.59. The van der Waals surface area contributed by atoms with Crippen molar-refractivity contribution in [3.63, 3.8) is 0 Å². The molecule has 0 aromatic heterocycles. The molecule has 2 saturated carbocycles. The molecule has 0 spiro atoms. The summed E-state index contributed by atoms with van der Waals surface area (Å²) in [5.41, 5.74) is -0.395. The summed E-state index contributed by atoms with van der Waals surface area (Å²) < 4.78 is 0. The van der Waals surface area contributed by atoms with Crippen LogP contribution in [0.2, 0.25) is 0 Å². The van der Waals surface area contributed by atoms with Gasteiger partial charge in [-0.3, -0.25) is 9.59 Å². The van der Waals surface area contributed by atoms with Crippen LogP contribution in [0.25, 0.3) is 0 Å². The van der Waals surface area contributed by atoms with Gasteiger partial charge in [0.15, 0.2) is 11.8 Å². The van der Waals surface area contributed by atoms with E-state index in [4.69, 9.17) is 4.84 Å². The van der Waals surface area contributed by atoms with Crippen molar-refractivity contribution in [2.45, 2.75) is 62.7 Å². The van der Waals surface area contributed by atoms with Crippen LogP contribution in [-0.2, 0) is 14.4 Å². The van der Waals surface area contributed by atoms with Crippen LogP contribution < -0.4 is 5.32 Å². The van der Waals surface area contributed by atoms with Gasteiger partial charge < -0.3 is 20.2 Å². The van der Waals surface area contributed by atoms with E-state index >= 15 is 0 Å². The van der Waals surface area contributed by atoms with Crippen molar-refractivity contribution in [2.24, 2.45) is 11.1 Å². The predicted octanol–water partition coefficient (Wildman–Crippen LogP) is 0.173. The maximum atomic E-state index is 12.4. The summed E-state index contributed by atoms with van der Waals surface area (Å²) in [4.78, 5) is 31.7. The highest BCUT2D eigenvalue weighted by Gasteiger charge is 2.48. The maximum Gasteiger partial charge on any atom is 0.269 e. The molecule has 23 heavy (non-hydrogen) atoms. The molecule has 2 aliphatic carbocycles. The van der Waals surface area contributed by atoms with Gasteiger partial charge in [-0.2, -0.15) is 0 Å². The minimum Gasteiger partial charge on any atom is -0.389 e. The molecule has 2 atom stereocenters. The Bertz CT molecular complexity index is 554. The molecule has 0 bridgehead atoms. The van der Waals surface area contributed by atoms with E-state index < -0.39 is 5.60 Å². The molecule has 2 heterocycles. The number of nitrogens with one attached hydrogen (secondary N) is 1. The number of oxime groups is 1. The van der Waals surface area contributed by atoms with Gasteiger partial charge >= 0.3 is 0 Å². The zero-order valence-corrected chi connectivity index (χ0v) is 13.2. The SMILES string of the molecule is O=C(NC1CCC1)C1=NO[C@@H]2CN(C(=O)CC3(O)CCC3)C[C@H]12. The molecule has 2 aliphatic heterocycles. The summed E-state index contributed by atoms with van der Waals surface area (Å²) in [6, 6.07) is 0.260. The molecule has 2 amide bonds. The number of amides is 2. The van der Waals surface area contributed by atoms with E-state index in [0.717, 1.165) is 25.7 Å². The zero-order valence-electron chi connectivity index (χ0n) is 13.2. The third-order valence-electron chi connectivity index (χ3n) is 5.69. The molecule has 1 saturated heterocycles. The molecule has 0 unspecified atom stereocenters. The standard InChI is InChI=1S/C16H23N3O4/c20-13(7-16(22)5-2-6-16)19-8-11-12(9-19)23-18-14(11)15(21)17-10-3-1-4-10/h10-12,22H,1-9H2,(H,17,21)/t11-,12+/m0/s1. The Hall–Kier alpha value is -1.63. The molecule has 0 radical (unpaired) electrons. The number of carbonyl (C=O) groups is 2. The van der Waals surface area contributed by atoms with Crippen LogP contribution in [-0.4, -0.2) is 58.4 Å². The first-order valence-corrected chi connectivity index (χ1v) is 8.59. The van der Waals surface area contributed by atoms with Gasteiger partial charge in [-0.1, -0.05) is 5.16 Å². The molecule has 7 nitrogen and oxygen atoms in total. The molecule has 7 heteroatoms. The number of carbonyl (C=O) groups excluding carboxylic acids is 2.